The van der Waals surface area contributed by atoms with Gasteiger partial charge in [0.15, 0.2) is 6.61 Å². The predicted octanol–water partition coefficient (Wildman–Crippen LogP) is 5.56. The topological polar surface area (TPSA) is 50.7 Å². The molecular weight excluding hydrogens is 372 g/mol. The van der Waals surface area contributed by atoms with Crippen molar-refractivity contribution < 1.29 is 9.53 Å². The van der Waals surface area contributed by atoms with Crippen molar-refractivity contribution in [1.29, 1.82) is 0 Å². The first kappa shape index (κ1) is 19.9. The number of hydrogen-bond acceptors (Lipinski definition) is 3. The first-order valence-corrected chi connectivity index (χ1v) is 10.5. The maximum Gasteiger partial charge on any atom is 0.277 e. The summed E-state index contributed by atoms with van der Waals surface area (Å²) in [4.78, 5) is 12.2. The molecule has 0 spiro atoms. The zero-order valence-corrected chi connectivity index (χ0v) is 17.0. The molecule has 0 aromatic heterocycles. The Morgan fingerprint density at radius 3 is 2.23 bits per heavy atom. The van der Waals surface area contributed by atoms with Gasteiger partial charge in [-0.15, -0.1) is 0 Å². The van der Waals surface area contributed by atoms with Gasteiger partial charge in [0.2, 0.25) is 0 Å². The summed E-state index contributed by atoms with van der Waals surface area (Å²) in [5.74, 6) is 1.03. The normalized spacial score (nSPS) is 16.0. The fourth-order valence-corrected chi connectivity index (χ4v) is 3.89. The summed E-state index contributed by atoms with van der Waals surface area (Å²) in [6.07, 6.45) is 3.97. The Hall–Kier alpha value is -3.40. The van der Waals surface area contributed by atoms with E-state index in [0.29, 0.717) is 11.7 Å². The highest BCUT2D eigenvalue weighted by Gasteiger charge is 2.19. The van der Waals surface area contributed by atoms with Crippen LogP contribution in [0, 0.1) is 0 Å². The van der Waals surface area contributed by atoms with Gasteiger partial charge in [-0.25, -0.2) is 5.43 Å². The van der Waals surface area contributed by atoms with E-state index in [2.05, 4.69) is 40.9 Å². The van der Waals surface area contributed by atoms with Gasteiger partial charge in [-0.05, 0) is 48.8 Å². The third kappa shape index (κ3) is 5.15. The Labute approximate surface area is 177 Å². The van der Waals surface area contributed by atoms with E-state index >= 15 is 0 Å². The Kier molecular flexibility index (Phi) is 6.55. The van der Waals surface area contributed by atoms with Crippen molar-refractivity contribution in [3.05, 3.63) is 90.5 Å². The quantitative estimate of drug-likeness (QED) is 0.553. The van der Waals surface area contributed by atoms with Gasteiger partial charge < -0.3 is 4.74 Å². The fourth-order valence-electron chi connectivity index (χ4n) is 3.89. The minimum atomic E-state index is -0.240. The molecule has 4 rings (SSSR count). The lowest BCUT2D eigenvalue weighted by Gasteiger charge is -2.23. The minimum Gasteiger partial charge on any atom is -0.483 e. The van der Waals surface area contributed by atoms with E-state index < -0.39 is 0 Å². The number of hydrogen-bond donors (Lipinski definition) is 1. The highest BCUT2D eigenvalue weighted by molar-refractivity contribution is 5.87. The molecule has 1 aliphatic rings. The summed E-state index contributed by atoms with van der Waals surface area (Å²) in [5, 5.41) is 4.34. The largest absolute Gasteiger partial charge is 0.483 e. The molecule has 0 aliphatic heterocycles. The lowest BCUT2D eigenvalue weighted by Crippen LogP contribution is -2.26. The predicted molar refractivity (Wildman–Crippen MR) is 121 cm³/mol. The van der Waals surface area contributed by atoms with Gasteiger partial charge in [-0.1, -0.05) is 78.9 Å². The highest BCUT2D eigenvalue weighted by atomic mass is 16.5. The molecule has 3 aromatic rings. The molecule has 152 valence electrons. The van der Waals surface area contributed by atoms with E-state index in [4.69, 9.17) is 4.74 Å². The molecule has 0 atom stereocenters. The number of amides is 1. The molecule has 30 heavy (non-hydrogen) atoms. The summed E-state index contributed by atoms with van der Waals surface area (Å²) < 4.78 is 5.79. The molecule has 3 aromatic carbocycles. The van der Waals surface area contributed by atoms with Crippen molar-refractivity contribution in [2.45, 2.75) is 31.6 Å². The van der Waals surface area contributed by atoms with Crippen LogP contribution in [0.15, 0.2) is 90.0 Å². The number of rotatable bonds is 6. The van der Waals surface area contributed by atoms with E-state index in [9.17, 15) is 4.79 Å². The summed E-state index contributed by atoms with van der Waals surface area (Å²) in [6.45, 7) is -0.0622. The number of hydrazone groups is 1. The molecular formula is C26H26N2O2. The number of ether oxygens (including phenoxy) is 1. The number of carbonyl (C=O) groups is 1. The van der Waals surface area contributed by atoms with Crippen LogP contribution < -0.4 is 10.2 Å². The average Bonchev–Trinajstić information content (AvgIpc) is 2.83. The Balaban J connectivity index is 1.28. The standard InChI is InChI=1S/C26H26N2O2/c29-26(19-30-25-14-8-7-13-24(25)22-11-5-2-6-12-22)28-27-23-17-15-21(16-18-23)20-9-3-1-4-10-20/h1-14,21H,15-19H2,(H,28,29). The van der Waals surface area contributed by atoms with Crippen molar-refractivity contribution in [3.8, 4) is 16.9 Å². The number of nitrogens with zero attached hydrogens (tertiary/aromatic N) is 1. The second kappa shape index (κ2) is 9.88. The zero-order chi connectivity index (χ0) is 20.6. The van der Waals surface area contributed by atoms with E-state index in [1.54, 1.807) is 0 Å². The summed E-state index contributed by atoms with van der Waals surface area (Å²) in [6, 6.07) is 28.4. The lowest BCUT2D eigenvalue weighted by molar-refractivity contribution is -0.123. The molecule has 0 radical (unpaired) electrons. The minimum absolute atomic E-state index is 0.0622. The van der Waals surface area contributed by atoms with Crippen LogP contribution >= 0.6 is 0 Å². The SMILES string of the molecule is O=C(COc1ccccc1-c1ccccc1)NN=C1CCC(c2ccccc2)CC1. The van der Waals surface area contributed by atoms with Crippen LogP contribution in [0.2, 0.25) is 0 Å². The number of para-hydroxylation sites is 1. The van der Waals surface area contributed by atoms with Gasteiger partial charge in [0.1, 0.15) is 5.75 Å². The maximum atomic E-state index is 12.2. The van der Waals surface area contributed by atoms with Gasteiger partial charge >= 0.3 is 0 Å². The molecule has 1 amide bonds. The van der Waals surface area contributed by atoms with Gasteiger partial charge in [0, 0.05) is 11.3 Å². The van der Waals surface area contributed by atoms with Crippen LogP contribution in [-0.4, -0.2) is 18.2 Å². The summed E-state index contributed by atoms with van der Waals surface area (Å²) in [5.41, 5.74) is 7.14. The van der Waals surface area contributed by atoms with Gasteiger partial charge in [0.05, 0.1) is 0 Å². The van der Waals surface area contributed by atoms with E-state index in [1.807, 2.05) is 54.6 Å². The molecule has 1 fully saturated rings. The van der Waals surface area contributed by atoms with Gasteiger partial charge in [-0.3, -0.25) is 4.79 Å². The molecule has 0 saturated heterocycles. The second-order valence-corrected chi connectivity index (χ2v) is 7.55. The first-order valence-electron chi connectivity index (χ1n) is 10.5. The number of benzene rings is 3. The van der Waals surface area contributed by atoms with Crippen molar-refractivity contribution in [3.63, 3.8) is 0 Å². The van der Waals surface area contributed by atoms with Crippen molar-refractivity contribution >= 4 is 11.6 Å². The van der Waals surface area contributed by atoms with Crippen LogP contribution in [0.25, 0.3) is 11.1 Å². The molecule has 0 heterocycles. The summed E-state index contributed by atoms with van der Waals surface area (Å²) >= 11 is 0. The zero-order valence-electron chi connectivity index (χ0n) is 17.0. The average molecular weight is 399 g/mol. The van der Waals surface area contributed by atoms with Crippen molar-refractivity contribution in [1.82, 2.24) is 5.43 Å². The van der Waals surface area contributed by atoms with Crippen molar-refractivity contribution in [2.24, 2.45) is 5.10 Å². The van der Waals surface area contributed by atoms with E-state index in [0.717, 1.165) is 42.5 Å². The van der Waals surface area contributed by atoms with Crippen LogP contribution in [0.1, 0.15) is 37.2 Å². The number of nitrogens with one attached hydrogen (secondary N) is 1. The molecule has 4 nitrogen and oxygen atoms in total. The Morgan fingerprint density at radius 2 is 1.50 bits per heavy atom. The Bertz CT molecular complexity index is 990. The smallest absolute Gasteiger partial charge is 0.277 e. The fraction of sp³-hybridized carbons (Fsp3) is 0.231. The van der Waals surface area contributed by atoms with Crippen molar-refractivity contribution in [2.75, 3.05) is 6.61 Å². The molecule has 1 aliphatic carbocycles. The van der Waals surface area contributed by atoms with E-state index in [-0.39, 0.29) is 12.5 Å². The highest BCUT2D eigenvalue weighted by Crippen LogP contribution is 2.31. The first-order chi connectivity index (χ1) is 14.8. The maximum absolute atomic E-state index is 12.2. The third-order valence-electron chi connectivity index (χ3n) is 5.50. The van der Waals surface area contributed by atoms with Crippen LogP contribution in [0.3, 0.4) is 0 Å². The lowest BCUT2D eigenvalue weighted by atomic mass is 9.83. The van der Waals surface area contributed by atoms with Gasteiger partial charge in [-0.2, -0.15) is 5.10 Å². The monoisotopic (exact) mass is 398 g/mol. The van der Waals surface area contributed by atoms with Gasteiger partial charge in [0.25, 0.3) is 5.91 Å². The van der Waals surface area contributed by atoms with Crippen LogP contribution in [0.4, 0.5) is 0 Å². The second-order valence-electron chi connectivity index (χ2n) is 7.55. The molecule has 1 saturated carbocycles. The Morgan fingerprint density at radius 1 is 0.867 bits per heavy atom. The molecule has 0 bridgehead atoms. The van der Waals surface area contributed by atoms with Crippen LogP contribution in [-0.2, 0) is 4.79 Å². The van der Waals surface area contributed by atoms with Crippen LogP contribution in [0.5, 0.6) is 5.75 Å². The summed E-state index contributed by atoms with van der Waals surface area (Å²) in [7, 11) is 0. The van der Waals surface area contributed by atoms with E-state index in [1.165, 1.54) is 5.56 Å². The molecule has 0 unspecified atom stereocenters. The number of carbonyl (C=O) groups excluding carboxylic acids is 1. The third-order valence-corrected chi connectivity index (χ3v) is 5.50. The molecule has 4 heteroatoms. The molecule has 1 N–H and O–H groups in total.